The summed E-state index contributed by atoms with van der Waals surface area (Å²) in [6.45, 7) is 0. The summed E-state index contributed by atoms with van der Waals surface area (Å²) in [4.78, 5) is 0. The summed E-state index contributed by atoms with van der Waals surface area (Å²) in [6, 6.07) is 11.0. The Hall–Kier alpha value is -1.33. The van der Waals surface area contributed by atoms with E-state index >= 15 is 0 Å². The lowest BCUT2D eigenvalue weighted by molar-refractivity contribution is 0.215. The molecule has 1 aliphatic rings. The van der Waals surface area contributed by atoms with Crippen LogP contribution >= 0.6 is 11.3 Å². The van der Waals surface area contributed by atoms with Crippen molar-refractivity contribution in [2.45, 2.75) is 25.7 Å². The summed E-state index contributed by atoms with van der Waals surface area (Å²) >= 11 is 1.79. The van der Waals surface area contributed by atoms with Gasteiger partial charge in [-0.05, 0) is 41.7 Å². The molecule has 0 amide bonds. The van der Waals surface area contributed by atoms with Gasteiger partial charge in [-0.3, -0.25) is 0 Å². The third-order valence-corrected chi connectivity index (χ3v) is 4.65. The fraction of sp³-hybridized carbons (Fsp3) is 0.357. The summed E-state index contributed by atoms with van der Waals surface area (Å²) in [5.41, 5.74) is 1.31. The molecule has 0 atom stereocenters. The Kier molecular flexibility index (Phi) is 2.22. The average Bonchev–Trinajstić information content (AvgIpc) is 2.67. The van der Waals surface area contributed by atoms with Crippen LogP contribution in [-0.2, 0) is 6.42 Å². The molecule has 1 heterocycles. The minimum atomic E-state index is -0.0517. The van der Waals surface area contributed by atoms with Gasteiger partial charge in [0.05, 0.1) is 11.5 Å². The molecular formula is C14H13NS. The number of thiophene rings is 1. The van der Waals surface area contributed by atoms with Crippen LogP contribution in [0.25, 0.3) is 10.1 Å². The number of rotatable bonds is 2. The van der Waals surface area contributed by atoms with Gasteiger partial charge in [0.15, 0.2) is 0 Å². The van der Waals surface area contributed by atoms with E-state index in [0.29, 0.717) is 0 Å². The molecule has 16 heavy (non-hydrogen) atoms. The van der Waals surface area contributed by atoms with E-state index in [9.17, 15) is 5.26 Å². The number of nitriles is 1. The lowest BCUT2D eigenvalue weighted by Gasteiger charge is -2.35. The van der Waals surface area contributed by atoms with Gasteiger partial charge in [-0.1, -0.05) is 24.6 Å². The van der Waals surface area contributed by atoms with Crippen LogP contribution in [0.2, 0.25) is 0 Å². The van der Waals surface area contributed by atoms with Crippen LogP contribution in [0.1, 0.15) is 24.8 Å². The van der Waals surface area contributed by atoms with E-state index in [2.05, 4.69) is 35.7 Å². The van der Waals surface area contributed by atoms with E-state index < -0.39 is 0 Å². The standard InChI is InChI=1S/C14H13NS/c15-10-14(6-3-7-14)8-11-9-16-13-5-2-1-4-12(11)13/h1-2,4-5,9H,3,6-8H2. The smallest absolute Gasteiger partial charge is 0.0693 e. The van der Waals surface area contributed by atoms with Gasteiger partial charge in [0, 0.05) is 4.70 Å². The van der Waals surface area contributed by atoms with Crippen LogP contribution in [0.15, 0.2) is 29.6 Å². The largest absolute Gasteiger partial charge is 0.198 e. The number of benzene rings is 1. The molecule has 1 fully saturated rings. The third-order valence-electron chi connectivity index (χ3n) is 3.64. The molecule has 0 radical (unpaired) electrons. The van der Waals surface area contributed by atoms with E-state index in [4.69, 9.17) is 0 Å². The van der Waals surface area contributed by atoms with Crippen molar-refractivity contribution in [3.05, 3.63) is 35.2 Å². The lowest BCUT2D eigenvalue weighted by Crippen LogP contribution is -2.29. The molecule has 0 N–H and O–H groups in total. The number of nitrogens with zero attached hydrogens (tertiary/aromatic N) is 1. The van der Waals surface area contributed by atoms with E-state index in [0.717, 1.165) is 19.3 Å². The van der Waals surface area contributed by atoms with Gasteiger partial charge >= 0.3 is 0 Å². The summed E-state index contributed by atoms with van der Waals surface area (Å²) < 4.78 is 1.34. The van der Waals surface area contributed by atoms with E-state index in [1.807, 2.05) is 0 Å². The summed E-state index contributed by atoms with van der Waals surface area (Å²) in [5, 5.41) is 12.8. The predicted octanol–water partition coefficient (Wildman–Crippen LogP) is 4.14. The van der Waals surface area contributed by atoms with Crippen LogP contribution in [0.4, 0.5) is 0 Å². The molecule has 1 aliphatic carbocycles. The maximum absolute atomic E-state index is 9.26. The van der Waals surface area contributed by atoms with Gasteiger partial charge in [0.1, 0.15) is 0 Å². The van der Waals surface area contributed by atoms with Gasteiger partial charge < -0.3 is 0 Å². The molecule has 2 heteroatoms. The molecule has 1 aromatic carbocycles. The SMILES string of the molecule is N#CC1(Cc2csc3ccccc23)CCC1. The monoisotopic (exact) mass is 227 g/mol. The highest BCUT2D eigenvalue weighted by Gasteiger charge is 2.37. The maximum Gasteiger partial charge on any atom is 0.0693 e. The van der Waals surface area contributed by atoms with Gasteiger partial charge in [-0.15, -0.1) is 11.3 Å². The molecule has 1 nitrogen and oxygen atoms in total. The van der Waals surface area contributed by atoms with E-state index in [1.54, 1.807) is 11.3 Å². The van der Waals surface area contributed by atoms with Crippen LogP contribution in [0.3, 0.4) is 0 Å². The molecular weight excluding hydrogens is 214 g/mol. The highest BCUT2D eigenvalue weighted by atomic mass is 32.1. The topological polar surface area (TPSA) is 23.8 Å². The molecule has 3 rings (SSSR count). The fourth-order valence-electron chi connectivity index (χ4n) is 2.47. The molecule has 2 aromatic rings. The normalized spacial score (nSPS) is 17.9. The first-order valence-electron chi connectivity index (χ1n) is 5.69. The quantitative estimate of drug-likeness (QED) is 0.756. The van der Waals surface area contributed by atoms with Crippen molar-refractivity contribution in [1.29, 1.82) is 5.26 Å². The van der Waals surface area contributed by atoms with Crippen LogP contribution in [0, 0.1) is 16.7 Å². The van der Waals surface area contributed by atoms with Crippen molar-refractivity contribution in [3.63, 3.8) is 0 Å². The van der Waals surface area contributed by atoms with Crippen LogP contribution in [0.5, 0.6) is 0 Å². The zero-order valence-corrected chi connectivity index (χ0v) is 9.89. The minimum Gasteiger partial charge on any atom is -0.198 e. The maximum atomic E-state index is 9.26. The Bertz CT molecular complexity index is 557. The van der Waals surface area contributed by atoms with Crippen LogP contribution < -0.4 is 0 Å². The molecule has 0 saturated heterocycles. The second-order valence-electron chi connectivity index (χ2n) is 4.68. The Morgan fingerprint density at radius 2 is 2.12 bits per heavy atom. The number of hydrogen-bond acceptors (Lipinski definition) is 2. The fourth-order valence-corrected chi connectivity index (χ4v) is 3.43. The first kappa shape index (κ1) is 9.86. The average molecular weight is 227 g/mol. The minimum absolute atomic E-state index is 0.0517. The first-order valence-corrected chi connectivity index (χ1v) is 6.57. The lowest BCUT2D eigenvalue weighted by atomic mass is 9.66. The number of hydrogen-bond donors (Lipinski definition) is 0. The number of fused-ring (bicyclic) bond motifs is 1. The second kappa shape index (κ2) is 3.61. The van der Waals surface area contributed by atoms with Gasteiger partial charge in [0.2, 0.25) is 0 Å². The Balaban J connectivity index is 1.98. The van der Waals surface area contributed by atoms with Crippen molar-refractivity contribution < 1.29 is 0 Å². The molecule has 1 saturated carbocycles. The Morgan fingerprint density at radius 3 is 2.81 bits per heavy atom. The molecule has 0 bridgehead atoms. The molecule has 1 aromatic heterocycles. The molecule has 0 aliphatic heterocycles. The third kappa shape index (κ3) is 1.44. The van der Waals surface area contributed by atoms with Crippen LogP contribution in [-0.4, -0.2) is 0 Å². The highest BCUT2D eigenvalue weighted by Crippen LogP contribution is 2.44. The highest BCUT2D eigenvalue weighted by molar-refractivity contribution is 7.17. The zero-order valence-electron chi connectivity index (χ0n) is 9.07. The van der Waals surface area contributed by atoms with Gasteiger partial charge in [0.25, 0.3) is 0 Å². The van der Waals surface area contributed by atoms with Crippen molar-refractivity contribution in [3.8, 4) is 6.07 Å². The van der Waals surface area contributed by atoms with Crippen molar-refractivity contribution in [2.75, 3.05) is 0 Å². The van der Waals surface area contributed by atoms with Crippen molar-refractivity contribution in [2.24, 2.45) is 5.41 Å². The van der Waals surface area contributed by atoms with Crippen molar-refractivity contribution in [1.82, 2.24) is 0 Å². The second-order valence-corrected chi connectivity index (χ2v) is 5.59. The molecule has 0 spiro atoms. The summed E-state index contributed by atoms with van der Waals surface area (Å²) in [7, 11) is 0. The van der Waals surface area contributed by atoms with Crippen molar-refractivity contribution >= 4 is 21.4 Å². The Labute approximate surface area is 99.3 Å². The zero-order chi connectivity index (χ0) is 11.0. The Morgan fingerprint density at radius 1 is 1.31 bits per heavy atom. The first-order chi connectivity index (χ1) is 7.83. The van der Waals surface area contributed by atoms with E-state index in [1.165, 1.54) is 22.1 Å². The summed E-state index contributed by atoms with van der Waals surface area (Å²) in [5.74, 6) is 0. The van der Waals surface area contributed by atoms with E-state index in [-0.39, 0.29) is 5.41 Å². The molecule has 80 valence electrons. The van der Waals surface area contributed by atoms with Gasteiger partial charge in [-0.2, -0.15) is 5.26 Å². The molecule has 0 unspecified atom stereocenters. The summed E-state index contributed by atoms with van der Waals surface area (Å²) in [6.07, 6.45) is 4.31. The predicted molar refractivity (Wildman–Crippen MR) is 67.4 cm³/mol. The van der Waals surface area contributed by atoms with Gasteiger partial charge in [-0.25, -0.2) is 0 Å².